The van der Waals surface area contributed by atoms with Crippen LogP contribution in [0.15, 0.2) is 144 Å². The fourth-order valence-electron chi connectivity index (χ4n) is 5.95. The minimum absolute atomic E-state index is 0.592. The summed E-state index contributed by atoms with van der Waals surface area (Å²) in [4.78, 5) is 5.76. The highest BCUT2D eigenvalue weighted by molar-refractivity contribution is 9.10. The average molecular weight is 721 g/mol. The zero-order chi connectivity index (χ0) is 31.8. The third-order valence-electron chi connectivity index (χ3n) is 8.07. The van der Waals surface area contributed by atoms with Crippen LogP contribution in [0, 0.1) is 13.8 Å². The molecule has 0 aliphatic carbocycles. The van der Waals surface area contributed by atoms with Crippen molar-refractivity contribution in [3.05, 3.63) is 165 Å². The Balaban J connectivity index is 1.36. The minimum Gasteiger partial charge on any atom is -0.310 e. The Morgan fingerprint density at radius 1 is 0.565 bits per heavy atom. The van der Waals surface area contributed by atoms with Crippen LogP contribution in [0.25, 0.3) is 20.5 Å². The van der Waals surface area contributed by atoms with E-state index in [1.807, 2.05) is 29.5 Å². The Labute approximate surface area is 292 Å². The van der Waals surface area contributed by atoms with Gasteiger partial charge in [-0.3, -0.25) is 0 Å². The molecular weight excluding hydrogens is 691 g/mol. The van der Waals surface area contributed by atoms with Gasteiger partial charge < -0.3 is 9.80 Å². The van der Waals surface area contributed by atoms with E-state index in [1.54, 1.807) is 0 Å². The molecule has 1 aromatic heterocycles. The van der Waals surface area contributed by atoms with Crippen LogP contribution in [-0.2, 0) is 0 Å². The fourth-order valence-corrected chi connectivity index (χ4v) is 8.00. The Morgan fingerprint density at radius 3 is 1.89 bits per heavy atom. The van der Waals surface area contributed by atoms with E-state index in [9.17, 15) is 0 Å². The Bertz CT molecular complexity index is 2120. The van der Waals surface area contributed by atoms with Crippen LogP contribution in [0.5, 0.6) is 0 Å². The van der Waals surface area contributed by atoms with Crippen LogP contribution < -0.4 is 9.80 Å². The first-order valence-corrected chi connectivity index (χ1v) is 17.3. The molecule has 0 aliphatic heterocycles. The quantitative estimate of drug-likeness (QED) is 0.151. The second-order valence-electron chi connectivity index (χ2n) is 11.2. The average Bonchev–Trinajstić information content (AvgIpc) is 3.50. The van der Waals surface area contributed by atoms with Crippen molar-refractivity contribution in [3.8, 4) is 10.4 Å². The van der Waals surface area contributed by atoms with E-state index in [4.69, 9.17) is 23.2 Å². The molecule has 226 valence electrons. The second kappa shape index (κ2) is 13.0. The van der Waals surface area contributed by atoms with Crippen molar-refractivity contribution in [2.24, 2.45) is 0 Å². The van der Waals surface area contributed by atoms with Crippen LogP contribution in [0.2, 0.25) is 10.0 Å². The zero-order valence-electron chi connectivity index (χ0n) is 25.2. The van der Waals surface area contributed by atoms with E-state index in [2.05, 4.69) is 161 Å². The molecule has 0 unspecified atom stereocenters. The lowest BCUT2D eigenvalue weighted by Gasteiger charge is -2.32. The maximum atomic E-state index is 6.99. The molecule has 0 bridgehead atoms. The van der Waals surface area contributed by atoms with Gasteiger partial charge in [0.25, 0.3) is 0 Å². The minimum atomic E-state index is 0.592. The molecular formula is C40H29BrCl2N2S. The van der Waals surface area contributed by atoms with Crippen molar-refractivity contribution >= 4 is 94.7 Å². The maximum Gasteiger partial charge on any atom is 0.0789 e. The van der Waals surface area contributed by atoms with Crippen LogP contribution in [0.1, 0.15) is 11.1 Å². The van der Waals surface area contributed by atoms with Crippen molar-refractivity contribution in [2.75, 3.05) is 9.80 Å². The SMILES string of the molecule is Cc1cccc(C)c1N(c1cccc(N(c2ccccc2)c2ccc(-c3cc4ccccc4s3)cc2)c1)c1cc(Cl)cc(Br)c1Cl. The number of aryl methyl sites for hydroxylation is 2. The van der Waals surface area contributed by atoms with E-state index in [0.717, 1.165) is 49.7 Å². The monoisotopic (exact) mass is 718 g/mol. The molecule has 0 radical (unpaired) electrons. The molecule has 0 atom stereocenters. The van der Waals surface area contributed by atoms with Gasteiger partial charge in [-0.25, -0.2) is 0 Å². The highest BCUT2D eigenvalue weighted by Gasteiger charge is 2.23. The second-order valence-corrected chi connectivity index (χ2v) is 13.9. The summed E-state index contributed by atoms with van der Waals surface area (Å²) < 4.78 is 2.04. The first-order valence-electron chi connectivity index (χ1n) is 14.9. The zero-order valence-corrected chi connectivity index (χ0v) is 29.1. The van der Waals surface area contributed by atoms with Crippen molar-refractivity contribution in [1.82, 2.24) is 0 Å². The summed E-state index contributed by atoms with van der Waals surface area (Å²) >= 11 is 19.1. The van der Waals surface area contributed by atoms with E-state index < -0.39 is 0 Å². The van der Waals surface area contributed by atoms with Crippen molar-refractivity contribution < 1.29 is 0 Å². The van der Waals surface area contributed by atoms with Gasteiger partial charge in [-0.1, -0.05) is 96.0 Å². The Kier molecular flexibility index (Phi) is 8.63. The Hall–Kier alpha value is -4.06. The molecule has 2 nitrogen and oxygen atoms in total. The van der Waals surface area contributed by atoms with Crippen LogP contribution in [0.3, 0.4) is 0 Å². The summed E-state index contributed by atoms with van der Waals surface area (Å²) in [7, 11) is 0. The smallest absolute Gasteiger partial charge is 0.0789 e. The highest BCUT2D eigenvalue weighted by Crippen LogP contribution is 2.47. The Morgan fingerprint density at radius 2 is 1.17 bits per heavy atom. The van der Waals surface area contributed by atoms with E-state index in [1.165, 1.54) is 20.5 Å². The third-order valence-corrected chi connectivity index (χ3v) is 10.7. The summed E-state index contributed by atoms with van der Waals surface area (Å²) in [6.07, 6.45) is 0. The number of benzene rings is 6. The lowest BCUT2D eigenvalue weighted by molar-refractivity contribution is 1.21. The predicted octanol–water partition coefficient (Wildman–Crippen LogP) is 14.2. The number of rotatable bonds is 7. The van der Waals surface area contributed by atoms with Crippen LogP contribution in [0.4, 0.5) is 34.1 Å². The number of para-hydroxylation sites is 2. The number of fused-ring (bicyclic) bond motifs is 1. The molecule has 0 saturated heterocycles. The first-order chi connectivity index (χ1) is 22.4. The maximum absolute atomic E-state index is 6.99. The summed E-state index contributed by atoms with van der Waals surface area (Å²) in [5, 5.41) is 2.46. The topological polar surface area (TPSA) is 6.48 Å². The van der Waals surface area contributed by atoms with Crippen LogP contribution in [-0.4, -0.2) is 0 Å². The number of hydrogen-bond acceptors (Lipinski definition) is 3. The van der Waals surface area contributed by atoms with Crippen molar-refractivity contribution in [2.45, 2.75) is 13.8 Å². The number of nitrogens with zero attached hydrogens (tertiary/aromatic N) is 2. The molecule has 0 spiro atoms. The van der Waals surface area contributed by atoms with Gasteiger partial charge in [0.1, 0.15) is 0 Å². The van der Waals surface area contributed by atoms with Gasteiger partial charge >= 0.3 is 0 Å². The van der Waals surface area contributed by atoms with Crippen molar-refractivity contribution in [1.29, 1.82) is 0 Å². The van der Waals surface area contributed by atoms with Crippen LogP contribution >= 0.6 is 50.5 Å². The van der Waals surface area contributed by atoms with E-state index in [-0.39, 0.29) is 0 Å². The normalized spacial score (nSPS) is 11.2. The standard InChI is InChI=1S/C40H29BrCl2N2S/c1-26-10-8-11-27(2)40(26)45(36-24-30(42)23-35(41)39(36)43)34-16-9-15-33(25-34)44(31-13-4-3-5-14-31)32-20-18-28(19-21-32)38-22-29-12-6-7-17-37(29)46-38/h3-25H,1-2H3. The number of halogens is 3. The first kappa shape index (κ1) is 30.6. The van der Waals surface area contributed by atoms with E-state index in [0.29, 0.717) is 10.0 Å². The molecule has 1 heterocycles. The molecule has 0 fully saturated rings. The fraction of sp³-hybridized carbons (Fsp3) is 0.0500. The molecule has 0 saturated carbocycles. The summed E-state index contributed by atoms with van der Waals surface area (Å²) in [5.41, 5.74) is 9.45. The summed E-state index contributed by atoms with van der Waals surface area (Å²) in [6, 6.07) is 48.8. The summed E-state index contributed by atoms with van der Waals surface area (Å²) in [5.74, 6) is 0. The van der Waals surface area contributed by atoms with Crippen molar-refractivity contribution in [3.63, 3.8) is 0 Å². The molecule has 46 heavy (non-hydrogen) atoms. The molecule has 7 aromatic rings. The highest BCUT2D eigenvalue weighted by atomic mass is 79.9. The number of anilines is 6. The van der Waals surface area contributed by atoms with Gasteiger partial charge in [-0.2, -0.15) is 0 Å². The van der Waals surface area contributed by atoms with Gasteiger partial charge in [-0.05, 0) is 119 Å². The predicted molar refractivity (Wildman–Crippen MR) is 204 cm³/mol. The third kappa shape index (κ3) is 5.94. The molecule has 6 heteroatoms. The van der Waals surface area contributed by atoms with Gasteiger partial charge in [0.15, 0.2) is 0 Å². The summed E-state index contributed by atoms with van der Waals surface area (Å²) in [6.45, 7) is 4.25. The molecule has 6 aromatic carbocycles. The molecule has 0 amide bonds. The lowest BCUT2D eigenvalue weighted by Crippen LogP contribution is -2.15. The largest absolute Gasteiger partial charge is 0.310 e. The van der Waals surface area contributed by atoms with Gasteiger partial charge in [0.2, 0.25) is 0 Å². The lowest BCUT2D eigenvalue weighted by atomic mass is 10.1. The van der Waals surface area contributed by atoms with Gasteiger partial charge in [0, 0.05) is 41.8 Å². The van der Waals surface area contributed by atoms with E-state index >= 15 is 0 Å². The molecule has 0 aliphatic rings. The van der Waals surface area contributed by atoms with Gasteiger partial charge in [-0.15, -0.1) is 11.3 Å². The van der Waals surface area contributed by atoms with Gasteiger partial charge in [0.05, 0.1) is 16.4 Å². The number of thiophene rings is 1. The molecule has 0 N–H and O–H groups in total. The molecule has 7 rings (SSSR count). The number of hydrogen-bond donors (Lipinski definition) is 0.